The quantitative estimate of drug-likeness (QED) is 0.359. The van der Waals surface area contributed by atoms with Crippen LogP contribution >= 0.6 is 11.6 Å². The van der Waals surface area contributed by atoms with Crippen LogP contribution < -0.4 is 4.43 Å². The third-order valence-corrected chi connectivity index (χ3v) is 10.6. The van der Waals surface area contributed by atoms with E-state index in [1.165, 1.54) is 0 Å². The highest BCUT2D eigenvalue weighted by molar-refractivity contribution is 6.78. The second-order valence-corrected chi connectivity index (χ2v) is 12.2. The lowest BCUT2D eigenvalue weighted by molar-refractivity contribution is 0.112. The summed E-state index contributed by atoms with van der Waals surface area (Å²) in [5, 5.41) is -0.398. The minimum atomic E-state index is -2.51. The molecular formula is C16H23ClF2O2Si. The standard InChI is InChI=1S/C16H23ClF2O2Si/c1-9(2)22(10(3)4,11(5)6)21-16-13(18)7-12(8-20)14(17)15(16)19/h7-11H,1-6H3. The van der Waals surface area contributed by atoms with Crippen molar-refractivity contribution < 1.29 is 18.0 Å². The van der Waals surface area contributed by atoms with Crippen LogP contribution in [0.2, 0.25) is 21.6 Å². The first-order valence-electron chi connectivity index (χ1n) is 7.41. The Hall–Kier alpha value is -0.943. The molecule has 6 heteroatoms. The first-order chi connectivity index (χ1) is 10.1. The lowest BCUT2D eigenvalue weighted by Crippen LogP contribution is -2.51. The summed E-state index contributed by atoms with van der Waals surface area (Å²) in [6.45, 7) is 12.1. The largest absolute Gasteiger partial charge is 0.539 e. The van der Waals surface area contributed by atoms with Gasteiger partial charge in [-0.25, -0.2) is 8.78 Å². The zero-order valence-corrected chi connectivity index (χ0v) is 15.6. The molecule has 0 aliphatic rings. The molecule has 0 aromatic heterocycles. The number of carbonyl (C=O) groups is 1. The minimum absolute atomic E-state index is 0.163. The van der Waals surface area contributed by atoms with Gasteiger partial charge in [0.1, 0.15) is 0 Å². The van der Waals surface area contributed by atoms with Crippen LogP contribution in [0.15, 0.2) is 6.07 Å². The van der Waals surface area contributed by atoms with Crippen LogP contribution in [-0.4, -0.2) is 14.6 Å². The van der Waals surface area contributed by atoms with E-state index in [2.05, 4.69) is 0 Å². The van der Waals surface area contributed by atoms with E-state index in [0.717, 1.165) is 6.07 Å². The van der Waals surface area contributed by atoms with E-state index in [9.17, 15) is 13.6 Å². The number of carbonyl (C=O) groups excluding carboxylic acids is 1. The molecule has 0 saturated heterocycles. The summed E-state index contributed by atoms with van der Waals surface area (Å²) in [5.41, 5.74) is 0.275. The number of benzene rings is 1. The van der Waals surface area contributed by atoms with Gasteiger partial charge in [-0.1, -0.05) is 53.1 Å². The number of hydrogen-bond acceptors (Lipinski definition) is 2. The van der Waals surface area contributed by atoms with Gasteiger partial charge < -0.3 is 4.43 Å². The molecule has 0 saturated carbocycles. The summed E-state index contributed by atoms with van der Waals surface area (Å²) >= 11 is 5.80. The molecule has 0 aliphatic carbocycles. The normalized spacial score (nSPS) is 12.4. The Morgan fingerprint density at radius 2 is 1.55 bits per heavy atom. The van der Waals surface area contributed by atoms with Gasteiger partial charge in [0.2, 0.25) is 0 Å². The zero-order chi connectivity index (χ0) is 17.2. The van der Waals surface area contributed by atoms with Crippen LogP contribution in [0.4, 0.5) is 8.78 Å². The van der Waals surface area contributed by atoms with Gasteiger partial charge in [-0.05, 0) is 22.7 Å². The van der Waals surface area contributed by atoms with E-state index in [0.29, 0.717) is 6.29 Å². The Balaban J connectivity index is 3.49. The third-order valence-electron chi connectivity index (χ3n) is 4.26. The number of rotatable bonds is 6. The lowest BCUT2D eigenvalue weighted by Gasteiger charge is -2.42. The fourth-order valence-corrected chi connectivity index (χ4v) is 8.74. The number of halogens is 3. The van der Waals surface area contributed by atoms with Crippen LogP contribution in [0.1, 0.15) is 51.9 Å². The Bertz CT molecular complexity index is 538. The molecular weight excluding hydrogens is 326 g/mol. The van der Waals surface area contributed by atoms with Crippen molar-refractivity contribution in [3.05, 3.63) is 28.3 Å². The SMILES string of the molecule is CC(C)[Si](Oc1c(F)cc(C=O)c(Cl)c1F)(C(C)C)C(C)C. The maximum Gasteiger partial charge on any atom is 0.259 e. The van der Waals surface area contributed by atoms with Crippen molar-refractivity contribution >= 4 is 26.2 Å². The van der Waals surface area contributed by atoms with Gasteiger partial charge in [0.25, 0.3) is 8.32 Å². The highest BCUT2D eigenvalue weighted by Crippen LogP contribution is 2.44. The first-order valence-corrected chi connectivity index (χ1v) is 9.93. The van der Waals surface area contributed by atoms with Crippen LogP contribution in [0.5, 0.6) is 5.75 Å². The number of aldehydes is 1. The van der Waals surface area contributed by atoms with Crippen molar-refractivity contribution in [2.45, 2.75) is 58.2 Å². The molecule has 0 N–H and O–H groups in total. The van der Waals surface area contributed by atoms with E-state index in [4.69, 9.17) is 16.0 Å². The molecule has 0 heterocycles. The molecule has 0 amide bonds. The van der Waals surface area contributed by atoms with Crippen molar-refractivity contribution in [3.63, 3.8) is 0 Å². The summed E-state index contributed by atoms with van der Waals surface area (Å²) < 4.78 is 34.7. The molecule has 0 spiro atoms. The van der Waals surface area contributed by atoms with Crippen LogP contribution in [0.3, 0.4) is 0 Å². The van der Waals surface area contributed by atoms with Crippen molar-refractivity contribution in [1.29, 1.82) is 0 Å². The Morgan fingerprint density at radius 3 is 1.91 bits per heavy atom. The van der Waals surface area contributed by atoms with E-state index >= 15 is 0 Å². The van der Waals surface area contributed by atoms with Crippen LogP contribution in [-0.2, 0) is 0 Å². The predicted octanol–water partition coefficient (Wildman–Crippen LogP) is 5.99. The Morgan fingerprint density at radius 1 is 1.09 bits per heavy atom. The predicted molar refractivity (Wildman–Crippen MR) is 88.4 cm³/mol. The van der Waals surface area contributed by atoms with E-state index < -0.39 is 30.7 Å². The molecule has 0 bridgehead atoms. The van der Waals surface area contributed by atoms with Crippen LogP contribution in [0.25, 0.3) is 0 Å². The highest BCUT2D eigenvalue weighted by Gasteiger charge is 2.48. The van der Waals surface area contributed by atoms with Crippen molar-refractivity contribution in [2.75, 3.05) is 0 Å². The van der Waals surface area contributed by atoms with Gasteiger partial charge in [-0.2, -0.15) is 0 Å². The molecule has 0 fully saturated rings. The molecule has 22 heavy (non-hydrogen) atoms. The summed E-state index contributed by atoms with van der Waals surface area (Å²) in [4.78, 5) is 10.8. The highest BCUT2D eigenvalue weighted by atomic mass is 35.5. The minimum Gasteiger partial charge on any atom is -0.539 e. The van der Waals surface area contributed by atoms with Gasteiger partial charge in [0.15, 0.2) is 23.7 Å². The van der Waals surface area contributed by atoms with Gasteiger partial charge in [-0.15, -0.1) is 0 Å². The van der Waals surface area contributed by atoms with E-state index in [-0.39, 0.29) is 22.2 Å². The summed E-state index contributed by atoms with van der Waals surface area (Å²) in [5.74, 6) is -2.34. The summed E-state index contributed by atoms with van der Waals surface area (Å²) in [6.07, 6.45) is 0.330. The lowest BCUT2D eigenvalue weighted by atomic mass is 10.2. The average Bonchev–Trinajstić information content (AvgIpc) is 2.41. The summed E-state index contributed by atoms with van der Waals surface area (Å²) in [7, 11) is -2.51. The molecule has 1 aromatic rings. The third kappa shape index (κ3) is 3.20. The summed E-state index contributed by atoms with van der Waals surface area (Å²) in [6, 6.07) is 0.924. The zero-order valence-electron chi connectivity index (χ0n) is 13.8. The Kier molecular flexibility index (Phi) is 6.16. The molecule has 124 valence electrons. The molecule has 0 unspecified atom stereocenters. The fraction of sp³-hybridized carbons (Fsp3) is 0.562. The monoisotopic (exact) mass is 348 g/mol. The number of hydrogen-bond donors (Lipinski definition) is 0. The topological polar surface area (TPSA) is 26.3 Å². The molecule has 2 nitrogen and oxygen atoms in total. The average molecular weight is 349 g/mol. The van der Waals surface area contributed by atoms with Gasteiger partial charge >= 0.3 is 0 Å². The van der Waals surface area contributed by atoms with Crippen molar-refractivity contribution in [3.8, 4) is 5.75 Å². The smallest absolute Gasteiger partial charge is 0.259 e. The van der Waals surface area contributed by atoms with Gasteiger partial charge in [-0.3, -0.25) is 4.79 Å². The molecule has 0 radical (unpaired) electrons. The molecule has 1 aromatic carbocycles. The van der Waals surface area contributed by atoms with E-state index in [1.54, 1.807) is 0 Å². The molecule has 0 aliphatic heterocycles. The van der Waals surface area contributed by atoms with Crippen molar-refractivity contribution in [2.24, 2.45) is 0 Å². The second kappa shape index (κ2) is 7.09. The maximum atomic E-state index is 14.4. The second-order valence-electron chi connectivity index (χ2n) is 6.44. The van der Waals surface area contributed by atoms with Gasteiger partial charge in [0.05, 0.1) is 5.02 Å². The van der Waals surface area contributed by atoms with Crippen molar-refractivity contribution in [1.82, 2.24) is 0 Å². The maximum absolute atomic E-state index is 14.4. The Labute approximate surface area is 136 Å². The molecule has 0 atom stereocenters. The fourth-order valence-electron chi connectivity index (χ4n) is 3.31. The molecule has 1 rings (SSSR count). The van der Waals surface area contributed by atoms with E-state index in [1.807, 2.05) is 41.5 Å². The van der Waals surface area contributed by atoms with Crippen LogP contribution in [0, 0.1) is 11.6 Å². The first kappa shape index (κ1) is 19.1. The van der Waals surface area contributed by atoms with Gasteiger partial charge in [0, 0.05) is 5.56 Å².